The average Bonchev–Trinajstić information content (AvgIpc) is 3.09. The molecule has 2 heterocycles. The molecule has 0 fully saturated rings. The van der Waals surface area contributed by atoms with Crippen LogP contribution in [0.3, 0.4) is 0 Å². The molecular formula is C18H12N6. The molecule has 0 spiro atoms. The van der Waals surface area contributed by atoms with Crippen molar-refractivity contribution in [3.8, 4) is 17.3 Å². The van der Waals surface area contributed by atoms with Crippen molar-refractivity contribution in [2.24, 2.45) is 0 Å². The lowest BCUT2D eigenvalue weighted by atomic mass is 10.0. The fraction of sp³-hybridized carbons (Fsp3) is 0. The Labute approximate surface area is 137 Å². The predicted octanol–water partition coefficient (Wildman–Crippen LogP) is 3.64. The first-order valence-electron chi connectivity index (χ1n) is 7.37. The lowest BCUT2D eigenvalue weighted by Gasteiger charge is -2.03. The molecule has 4 aromatic rings. The standard InChI is InChI=1S/C18H12N6/c19-11-13-8-9-20-18(21-13)22-17-10-16(23-24-17)15-7-3-5-12-4-1-2-6-14(12)15/h1-10H,(H2,20,21,22,23,24). The van der Waals surface area contributed by atoms with Crippen LogP contribution in [-0.4, -0.2) is 20.2 Å². The highest BCUT2D eigenvalue weighted by atomic mass is 15.2. The van der Waals surface area contributed by atoms with Crippen molar-refractivity contribution in [2.75, 3.05) is 5.32 Å². The predicted molar refractivity (Wildman–Crippen MR) is 91.6 cm³/mol. The van der Waals surface area contributed by atoms with Gasteiger partial charge < -0.3 is 5.32 Å². The summed E-state index contributed by atoms with van der Waals surface area (Å²) < 4.78 is 0. The van der Waals surface area contributed by atoms with E-state index in [1.54, 1.807) is 6.07 Å². The monoisotopic (exact) mass is 312 g/mol. The highest BCUT2D eigenvalue weighted by Crippen LogP contribution is 2.28. The van der Waals surface area contributed by atoms with Crippen LogP contribution in [0.25, 0.3) is 22.0 Å². The van der Waals surface area contributed by atoms with Gasteiger partial charge in [-0.1, -0.05) is 42.5 Å². The SMILES string of the molecule is N#Cc1ccnc(Nc2cc(-c3cccc4ccccc34)[nH]n2)n1. The van der Waals surface area contributed by atoms with Crippen LogP contribution in [0.15, 0.2) is 60.8 Å². The number of hydrogen-bond acceptors (Lipinski definition) is 5. The maximum atomic E-state index is 8.89. The number of nitrogens with one attached hydrogen (secondary N) is 2. The first-order valence-corrected chi connectivity index (χ1v) is 7.37. The Bertz CT molecular complexity index is 1050. The molecule has 0 saturated carbocycles. The Morgan fingerprint density at radius 1 is 1.04 bits per heavy atom. The van der Waals surface area contributed by atoms with Gasteiger partial charge >= 0.3 is 0 Å². The van der Waals surface area contributed by atoms with Gasteiger partial charge in [0.15, 0.2) is 5.82 Å². The smallest absolute Gasteiger partial charge is 0.229 e. The number of nitrogens with zero attached hydrogens (tertiary/aromatic N) is 4. The molecule has 6 heteroatoms. The van der Waals surface area contributed by atoms with E-state index in [0.29, 0.717) is 17.5 Å². The van der Waals surface area contributed by atoms with Gasteiger partial charge in [0.2, 0.25) is 5.95 Å². The topological polar surface area (TPSA) is 90.3 Å². The number of fused-ring (bicyclic) bond motifs is 1. The molecule has 114 valence electrons. The Balaban J connectivity index is 1.68. The van der Waals surface area contributed by atoms with E-state index in [1.165, 1.54) is 11.6 Å². The van der Waals surface area contributed by atoms with Crippen molar-refractivity contribution >= 4 is 22.5 Å². The zero-order chi connectivity index (χ0) is 16.4. The van der Waals surface area contributed by atoms with Crippen molar-refractivity contribution in [3.63, 3.8) is 0 Å². The van der Waals surface area contributed by atoms with E-state index in [4.69, 9.17) is 5.26 Å². The summed E-state index contributed by atoms with van der Waals surface area (Å²) in [5.41, 5.74) is 2.27. The summed E-state index contributed by atoms with van der Waals surface area (Å²) >= 11 is 0. The van der Waals surface area contributed by atoms with Gasteiger partial charge in [-0.3, -0.25) is 5.10 Å². The number of benzene rings is 2. The second-order valence-corrected chi connectivity index (χ2v) is 5.20. The van der Waals surface area contributed by atoms with Crippen molar-refractivity contribution < 1.29 is 0 Å². The van der Waals surface area contributed by atoms with Crippen LogP contribution in [0, 0.1) is 11.3 Å². The van der Waals surface area contributed by atoms with Gasteiger partial charge in [-0.2, -0.15) is 10.4 Å². The van der Waals surface area contributed by atoms with Crippen LogP contribution in [0.5, 0.6) is 0 Å². The van der Waals surface area contributed by atoms with Crippen LogP contribution in [0.1, 0.15) is 5.69 Å². The van der Waals surface area contributed by atoms with Gasteiger partial charge in [0, 0.05) is 17.8 Å². The van der Waals surface area contributed by atoms with Gasteiger partial charge in [0.05, 0.1) is 5.69 Å². The molecule has 0 atom stereocenters. The van der Waals surface area contributed by atoms with E-state index in [0.717, 1.165) is 16.6 Å². The normalized spacial score (nSPS) is 10.5. The molecule has 0 amide bonds. The zero-order valence-electron chi connectivity index (χ0n) is 12.6. The fourth-order valence-corrected chi connectivity index (χ4v) is 2.58. The van der Waals surface area contributed by atoms with Crippen LogP contribution in [0.4, 0.5) is 11.8 Å². The Morgan fingerprint density at radius 2 is 1.92 bits per heavy atom. The summed E-state index contributed by atoms with van der Waals surface area (Å²) in [6.45, 7) is 0. The number of H-pyrrole nitrogens is 1. The molecule has 0 aliphatic heterocycles. The molecule has 4 rings (SSSR count). The van der Waals surface area contributed by atoms with E-state index in [-0.39, 0.29) is 0 Å². The Morgan fingerprint density at radius 3 is 2.83 bits per heavy atom. The quantitative estimate of drug-likeness (QED) is 0.603. The van der Waals surface area contributed by atoms with E-state index in [2.05, 4.69) is 43.7 Å². The number of hydrogen-bond donors (Lipinski definition) is 2. The third-order valence-electron chi connectivity index (χ3n) is 3.67. The molecule has 0 unspecified atom stereocenters. The number of aromatic nitrogens is 4. The Hall–Kier alpha value is -3.72. The minimum atomic E-state index is 0.303. The van der Waals surface area contributed by atoms with Gasteiger partial charge in [0.25, 0.3) is 0 Å². The van der Waals surface area contributed by atoms with E-state index in [1.807, 2.05) is 36.4 Å². The number of anilines is 2. The van der Waals surface area contributed by atoms with Crippen LogP contribution in [0.2, 0.25) is 0 Å². The average molecular weight is 312 g/mol. The second-order valence-electron chi connectivity index (χ2n) is 5.20. The second kappa shape index (κ2) is 5.82. The third kappa shape index (κ3) is 2.55. The molecule has 2 N–H and O–H groups in total. The lowest BCUT2D eigenvalue weighted by Crippen LogP contribution is -1.98. The Kier molecular flexibility index (Phi) is 3.37. The molecule has 0 radical (unpaired) electrons. The summed E-state index contributed by atoms with van der Waals surface area (Å²) in [5, 5.41) is 21.5. The largest absolute Gasteiger partial charge is 0.307 e. The molecule has 0 aliphatic carbocycles. The lowest BCUT2D eigenvalue weighted by molar-refractivity contribution is 1.08. The molecule has 6 nitrogen and oxygen atoms in total. The third-order valence-corrected chi connectivity index (χ3v) is 3.67. The summed E-state index contributed by atoms with van der Waals surface area (Å²) in [7, 11) is 0. The maximum Gasteiger partial charge on any atom is 0.229 e. The molecule has 0 bridgehead atoms. The summed E-state index contributed by atoms with van der Waals surface area (Å²) in [6.07, 6.45) is 1.53. The van der Waals surface area contributed by atoms with Gasteiger partial charge in [-0.15, -0.1) is 0 Å². The van der Waals surface area contributed by atoms with Crippen molar-refractivity contribution in [1.29, 1.82) is 5.26 Å². The molecular weight excluding hydrogens is 300 g/mol. The first-order chi connectivity index (χ1) is 11.8. The minimum absolute atomic E-state index is 0.303. The molecule has 2 aromatic carbocycles. The minimum Gasteiger partial charge on any atom is -0.307 e. The van der Waals surface area contributed by atoms with E-state index < -0.39 is 0 Å². The van der Waals surface area contributed by atoms with Gasteiger partial charge in [-0.05, 0) is 16.8 Å². The van der Waals surface area contributed by atoms with E-state index in [9.17, 15) is 0 Å². The molecule has 2 aromatic heterocycles. The number of rotatable bonds is 3. The molecule has 0 saturated heterocycles. The van der Waals surface area contributed by atoms with Crippen LogP contribution in [-0.2, 0) is 0 Å². The van der Waals surface area contributed by atoms with Crippen LogP contribution < -0.4 is 5.32 Å². The number of nitriles is 1. The fourth-order valence-electron chi connectivity index (χ4n) is 2.58. The summed E-state index contributed by atoms with van der Waals surface area (Å²) in [6, 6.07) is 19.8. The van der Waals surface area contributed by atoms with Crippen molar-refractivity contribution in [1.82, 2.24) is 20.2 Å². The number of aromatic amines is 1. The summed E-state index contributed by atoms with van der Waals surface area (Å²) in [5.74, 6) is 0.929. The summed E-state index contributed by atoms with van der Waals surface area (Å²) in [4.78, 5) is 8.17. The highest BCUT2D eigenvalue weighted by Gasteiger charge is 2.08. The highest BCUT2D eigenvalue weighted by molar-refractivity contribution is 5.96. The van der Waals surface area contributed by atoms with Gasteiger partial charge in [0.1, 0.15) is 11.8 Å². The maximum absolute atomic E-state index is 8.89. The molecule has 24 heavy (non-hydrogen) atoms. The zero-order valence-corrected chi connectivity index (χ0v) is 12.6. The molecule has 0 aliphatic rings. The first kappa shape index (κ1) is 13.9. The van der Waals surface area contributed by atoms with Crippen LogP contribution >= 0.6 is 0 Å². The van der Waals surface area contributed by atoms with Crippen molar-refractivity contribution in [2.45, 2.75) is 0 Å². The van der Waals surface area contributed by atoms with Crippen molar-refractivity contribution in [3.05, 3.63) is 66.5 Å². The van der Waals surface area contributed by atoms with Gasteiger partial charge in [-0.25, -0.2) is 9.97 Å². The van der Waals surface area contributed by atoms with E-state index >= 15 is 0 Å².